The van der Waals surface area contributed by atoms with Crippen molar-refractivity contribution in [2.24, 2.45) is 11.8 Å². The maximum Gasteiger partial charge on any atom is 0.0496 e. The summed E-state index contributed by atoms with van der Waals surface area (Å²) in [5, 5.41) is 0. The molecule has 1 saturated heterocycles. The molecule has 1 heteroatoms. The number of hydrogen-bond acceptors (Lipinski definition) is 1. The van der Waals surface area contributed by atoms with Crippen LogP contribution in [0.4, 0.5) is 0 Å². The maximum atomic E-state index is 5.44. The van der Waals surface area contributed by atoms with Crippen molar-refractivity contribution in [1.29, 1.82) is 0 Å². The summed E-state index contributed by atoms with van der Waals surface area (Å²) in [6, 6.07) is 0. The van der Waals surface area contributed by atoms with E-state index in [1.165, 1.54) is 32.1 Å². The van der Waals surface area contributed by atoms with Crippen molar-refractivity contribution in [3.05, 3.63) is 0 Å². The molecule has 1 atom stereocenters. The van der Waals surface area contributed by atoms with Gasteiger partial charge in [0.05, 0.1) is 0 Å². The highest BCUT2D eigenvalue weighted by Gasteiger charge is 2.28. The van der Waals surface area contributed by atoms with Crippen LogP contribution in [0.25, 0.3) is 0 Å². The van der Waals surface area contributed by atoms with Crippen molar-refractivity contribution in [2.75, 3.05) is 13.2 Å². The topological polar surface area (TPSA) is 9.23 Å². The average molecular weight is 140 g/mol. The molecule has 0 spiro atoms. The van der Waals surface area contributed by atoms with E-state index in [1.807, 2.05) is 0 Å². The van der Waals surface area contributed by atoms with Crippen LogP contribution >= 0.6 is 0 Å². The lowest BCUT2D eigenvalue weighted by Gasteiger charge is -2.35. The molecule has 0 bridgehead atoms. The van der Waals surface area contributed by atoms with Crippen LogP contribution in [0, 0.1) is 11.8 Å². The lowest BCUT2D eigenvalue weighted by molar-refractivity contribution is 0.0120. The second-order valence-corrected chi connectivity index (χ2v) is 3.67. The molecule has 0 N–H and O–H groups in total. The number of rotatable bonds is 1. The Bertz CT molecular complexity index is 101. The van der Waals surface area contributed by atoms with Gasteiger partial charge >= 0.3 is 0 Å². The number of hydrogen-bond donors (Lipinski definition) is 0. The Morgan fingerprint density at radius 1 is 0.900 bits per heavy atom. The molecule has 2 aliphatic rings. The van der Waals surface area contributed by atoms with Crippen LogP contribution in [-0.2, 0) is 4.74 Å². The Hall–Kier alpha value is -0.0400. The third kappa shape index (κ3) is 1.20. The molecule has 58 valence electrons. The third-order valence-electron chi connectivity index (χ3n) is 3.01. The van der Waals surface area contributed by atoms with Gasteiger partial charge in [-0.15, -0.1) is 0 Å². The summed E-state index contributed by atoms with van der Waals surface area (Å²) >= 11 is 0. The molecular weight excluding hydrogens is 124 g/mol. The summed E-state index contributed by atoms with van der Waals surface area (Å²) in [7, 11) is 0. The van der Waals surface area contributed by atoms with Gasteiger partial charge in [0.15, 0.2) is 0 Å². The zero-order chi connectivity index (χ0) is 6.81. The fourth-order valence-corrected chi connectivity index (χ4v) is 2.05. The monoisotopic (exact) mass is 140 g/mol. The van der Waals surface area contributed by atoms with Gasteiger partial charge in [-0.2, -0.15) is 0 Å². The van der Waals surface area contributed by atoms with Crippen LogP contribution in [0.1, 0.15) is 32.1 Å². The average Bonchev–Trinajstić information content (AvgIpc) is 1.86. The van der Waals surface area contributed by atoms with Gasteiger partial charge in [0.2, 0.25) is 0 Å². The number of ether oxygens (including phenoxy) is 1. The van der Waals surface area contributed by atoms with E-state index in [-0.39, 0.29) is 0 Å². The van der Waals surface area contributed by atoms with Crippen molar-refractivity contribution in [2.45, 2.75) is 32.1 Å². The molecule has 1 saturated carbocycles. The minimum Gasteiger partial charge on any atom is -0.381 e. The van der Waals surface area contributed by atoms with Crippen LogP contribution in [0.5, 0.6) is 0 Å². The largest absolute Gasteiger partial charge is 0.381 e. The van der Waals surface area contributed by atoms with E-state index in [0.29, 0.717) is 0 Å². The first kappa shape index (κ1) is 6.66. The van der Waals surface area contributed by atoms with E-state index in [4.69, 9.17) is 4.74 Å². The van der Waals surface area contributed by atoms with Crippen molar-refractivity contribution in [3.63, 3.8) is 0 Å². The molecule has 1 aliphatic heterocycles. The Morgan fingerprint density at radius 2 is 1.70 bits per heavy atom. The fraction of sp³-hybridized carbons (Fsp3) is 1.00. The summed E-state index contributed by atoms with van der Waals surface area (Å²) in [5.41, 5.74) is 0. The quantitative estimate of drug-likeness (QED) is 0.542. The maximum absolute atomic E-state index is 5.44. The van der Waals surface area contributed by atoms with E-state index < -0.39 is 0 Å². The fourth-order valence-electron chi connectivity index (χ4n) is 2.05. The van der Waals surface area contributed by atoms with E-state index in [0.717, 1.165) is 25.0 Å². The summed E-state index contributed by atoms with van der Waals surface area (Å²) in [6.07, 6.45) is 7.18. The molecular formula is C9H16O. The summed E-state index contributed by atoms with van der Waals surface area (Å²) in [6.45, 7) is 2.08. The minimum absolute atomic E-state index is 0.933. The molecule has 0 amide bonds. The predicted octanol–water partition coefficient (Wildman–Crippen LogP) is 2.21. The van der Waals surface area contributed by atoms with Crippen LogP contribution in [-0.4, -0.2) is 13.2 Å². The predicted molar refractivity (Wildman–Crippen MR) is 40.9 cm³/mol. The van der Waals surface area contributed by atoms with Gasteiger partial charge < -0.3 is 4.74 Å². The summed E-state index contributed by atoms with van der Waals surface area (Å²) in [4.78, 5) is 0. The van der Waals surface area contributed by atoms with Gasteiger partial charge in [0.25, 0.3) is 0 Å². The van der Waals surface area contributed by atoms with Gasteiger partial charge in [0, 0.05) is 13.2 Å². The molecule has 10 heavy (non-hydrogen) atoms. The van der Waals surface area contributed by atoms with Crippen molar-refractivity contribution >= 4 is 0 Å². The van der Waals surface area contributed by atoms with Crippen LogP contribution in [0.3, 0.4) is 0 Å². The highest BCUT2D eigenvalue weighted by atomic mass is 16.5. The molecule has 2 fully saturated rings. The SMILES string of the molecule is C1CC(C2CCCOC2)C1. The Labute approximate surface area is 62.8 Å². The Morgan fingerprint density at radius 3 is 2.20 bits per heavy atom. The standard InChI is InChI=1S/C9H16O/c1-3-8(4-1)9-5-2-6-10-7-9/h8-9H,1-7H2. The van der Waals surface area contributed by atoms with Crippen LogP contribution < -0.4 is 0 Å². The lowest BCUT2D eigenvalue weighted by Crippen LogP contribution is -2.29. The van der Waals surface area contributed by atoms with E-state index >= 15 is 0 Å². The first-order valence-corrected chi connectivity index (χ1v) is 4.54. The smallest absolute Gasteiger partial charge is 0.0496 e. The van der Waals surface area contributed by atoms with Crippen molar-refractivity contribution < 1.29 is 4.74 Å². The highest BCUT2D eigenvalue weighted by Crippen LogP contribution is 2.37. The second-order valence-electron chi connectivity index (χ2n) is 3.67. The van der Waals surface area contributed by atoms with E-state index in [9.17, 15) is 0 Å². The molecule has 0 aromatic carbocycles. The first-order valence-electron chi connectivity index (χ1n) is 4.54. The minimum atomic E-state index is 0.933. The molecule has 1 unspecified atom stereocenters. The van der Waals surface area contributed by atoms with Gasteiger partial charge in [0.1, 0.15) is 0 Å². The Kier molecular flexibility index (Phi) is 1.94. The summed E-state index contributed by atoms with van der Waals surface area (Å²) < 4.78 is 5.44. The molecule has 1 nitrogen and oxygen atoms in total. The zero-order valence-electron chi connectivity index (χ0n) is 6.51. The second kappa shape index (κ2) is 2.91. The third-order valence-corrected chi connectivity index (χ3v) is 3.01. The molecule has 2 rings (SSSR count). The normalized spacial score (nSPS) is 35.4. The lowest BCUT2D eigenvalue weighted by atomic mass is 9.74. The molecule has 0 radical (unpaired) electrons. The highest BCUT2D eigenvalue weighted by molar-refractivity contribution is 4.78. The van der Waals surface area contributed by atoms with Crippen LogP contribution in [0.15, 0.2) is 0 Å². The van der Waals surface area contributed by atoms with Gasteiger partial charge in [-0.3, -0.25) is 0 Å². The molecule has 1 aliphatic carbocycles. The zero-order valence-corrected chi connectivity index (χ0v) is 6.51. The van der Waals surface area contributed by atoms with E-state index in [1.54, 1.807) is 0 Å². The van der Waals surface area contributed by atoms with Gasteiger partial charge in [-0.05, 0) is 24.7 Å². The van der Waals surface area contributed by atoms with Gasteiger partial charge in [-0.1, -0.05) is 19.3 Å². The van der Waals surface area contributed by atoms with Crippen molar-refractivity contribution in [3.8, 4) is 0 Å². The molecule has 0 aromatic heterocycles. The van der Waals surface area contributed by atoms with Gasteiger partial charge in [-0.25, -0.2) is 0 Å². The van der Waals surface area contributed by atoms with E-state index in [2.05, 4.69) is 0 Å². The molecule has 0 aromatic rings. The van der Waals surface area contributed by atoms with Crippen LogP contribution in [0.2, 0.25) is 0 Å². The summed E-state index contributed by atoms with van der Waals surface area (Å²) in [5.74, 6) is 1.97. The molecule has 1 heterocycles. The van der Waals surface area contributed by atoms with Crippen molar-refractivity contribution in [1.82, 2.24) is 0 Å². The first-order chi connectivity index (χ1) is 4.97. The Balaban J connectivity index is 1.78.